The predicted octanol–water partition coefficient (Wildman–Crippen LogP) is 20.0. The molecule has 0 amide bonds. The summed E-state index contributed by atoms with van der Waals surface area (Å²) in [4.78, 5) is 2.42. The van der Waals surface area contributed by atoms with Crippen molar-refractivity contribution in [2.45, 2.75) is 5.41 Å². The average molecular weight is 985 g/mol. The van der Waals surface area contributed by atoms with E-state index in [1.54, 1.807) is 0 Å². The summed E-state index contributed by atoms with van der Waals surface area (Å²) in [5, 5.41) is 5.17. The minimum absolute atomic E-state index is 0.476. The van der Waals surface area contributed by atoms with Crippen LogP contribution in [0.25, 0.3) is 92.2 Å². The second-order valence-electron chi connectivity index (χ2n) is 20.0. The zero-order valence-electron chi connectivity index (χ0n) is 41.5. The summed E-state index contributed by atoms with van der Waals surface area (Å²) in [7, 11) is 0. The number of aromatic nitrogens is 1. The van der Waals surface area contributed by atoms with Crippen LogP contribution in [0.3, 0.4) is 0 Å². The fourth-order valence-electron chi connectivity index (χ4n) is 12.4. The lowest BCUT2D eigenvalue weighted by atomic mass is 9.68. The second kappa shape index (κ2) is 17.8. The third kappa shape index (κ3) is 7.01. The maximum absolute atomic E-state index is 2.42. The molecule has 0 unspecified atom stereocenters. The molecule has 0 N–H and O–H groups in total. The summed E-state index contributed by atoms with van der Waals surface area (Å²) < 4.78 is 5.02. The molecule has 12 aromatic carbocycles. The van der Waals surface area contributed by atoms with E-state index in [0.29, 0.717) is 0 Å². The summed E-state index contributed by atoms with van der Waals surface area (Å²) in [6.07, 6.45) is 0. The molecule has 3 heteroatoms. The van der Waals surface area contributed by atoms with Crippen LogP contribution >= 0.6 is 11.3 Å². The smallest absolute Gasteiger partial charge is 0.0713 e. The molecule has 0 spiro atoms. The van der Waals surface area contributed by atoms with Crippen molar-refractivity contribution in [3.8, 4) is 50.2 Å². The monoisotopic (exact) mass is 984 g/mol. The minimum Gasteiger partial charge on any atom is -0.310 e. The lowest BCUT2D eigenvalue weighted by molar-refractivity contribution is 0.768. The maximum Gasteiger partial charge on any atom is 0.0713 e. The molecule has 14 aromatic rings. The molecule has 1 aliphatic rings. The Morgan fingerprint density at radius 1 is 0.289 bits per heavy atom. The van der Waals surface area contributed by atoms with Crippen LogP contribution in [0.15, 0.2) is 291 Å². The fourth-order valence-corrected chi connectivity index (χ4v) is 13.5. The van der Waals surface area contributed by atoms with Gasteiger partial charge in [-0.3, -0.25) is 0 Å². The third-order valence-electron chi connectivity index (χ3n) is 15.9. The van der Waals surface area contributed by atoms with E-state index < -0.39 is 5.41 Å². The van der Waals surface area contributed by atoms with E-state index in [1.165, 1.54) is 103 Å². The van der Waals surface area contributed by atoms with E-state index in [0.717, 1.165) is 28.3 Å². The van der Waals surface area contributed by atoms with Gasteiger partial charge in [-0.25, -0.2) is 0 Å². The molecule has 0 radical (unpaired) electrons. The molecule has 1 aliphatic carbocycles. The Hall–Kier alpha value is -9.54. The summed E-state index contributed by atoms with van der Waals surface area (Å²) in [5.41, 5.74) is 21.1. The highest BCUT2D eigenvalue weighted by Crippen LogP contribution is 2.57. The van der Waals surface area contributed by atoms with E-state index >= 15 is 0 Å². The van der Waals surface area contributed by atoms with E-state index in [4.69, 9.17) is 0 Å². The highest BCUT2D eigenvalue weighted by atomic mass is 32.1. The zero-order valence-corrected chi connectivity index (χ0v) is 42.3. The molecular formula is C73H48N2S. The number of fused-ring (bicyclic) bond motifs is 9. The Morgan fingerprint density at radius 2 is 0.763 bits per heavy atom. The SMILES string of the molecule is c1ccc(C2(c3ccccc3)c3ccccc3-c3cc(N(c4ccc(-c5ccc(-n6c7ccccc7c7ccccc76)cc5)cc4)c4ccc(-c5cccc(-c6ccc7sc8ccccc8c7c6)c5)cc4)ccc32)cc1. The van der Waals surface area contributed by atoms with Gasteiger partial charge in [0.15, 0.2) is 0 Å². The van der Waals surface area contributed by atoms with Crippen molar-refractivity contribution in [3.63, 3.8) is 0 Å². The first-order chi connectivity index (χ1) is 37.7. The van der Waals surface area contributed by atoms with Gasteiger partial charge in [-0.05, 0) is 152 Å². The lowest BCUT2D eigenvalue weighted by Crippen LogP contribution is -2.28. The van der Waals surface area contributed by atoms with Gasteiger partial charge in [0.2, 0.25) is 0 Å². The number of anilines is 3. The van der Waals surface area contributed by atoms with Crippen LogP contribution in [0.4, 0.5) is 17.1 Å². The molecule has 15 rings (SSSR count). The van der Waals surface area contributed by atoms with Gasteiger partial charge in [0.1, 0.15) is 0 Å². The Balaban J connectivity index is 0.828. The Kier molecular flexibility index (Phi) is 10.3. The van der Waals surface area contributed by atoms with E-state index in [2.05, 4.69) is 301 Å². The molecule has 356 valence electrons. The van der Waals surface area contributed by atoms with Gasteiger partial charge in [0, 0.05) is 53.7 Å². The molecule has 76 heavy (non-hydrogen) atoms. The van der Waals surface area contributed by atoms with Gasteiger partial charge in [-0.2, -0.15) is 0 Å². The van der Waals surface area contributed by atoms with Crippen molar-refractivity contribution in [1.29, 1.82) is 0 Å². The standard InChI is InChI=1S/C73H48N2S/c1-3-18-55(19-4-1)73(56-20-5-2-6-21-56)67-26-11-7-22-61(67)65-48-60(43-44-68(65)73)74(57-37-30-49(31-38-57)50-32-41-59(42-33-50)75-69-27-12-8-23-62(69)63-24-9-13-28-70(63)75)58-39-34-51(35-40-58)52-16-15-17-53(46-52)54-36-45-72-66(47-54)64-25-10-14-29-71(64)76-72/h1-48H. The van der Waals surface area contributed by atoms with Gasteiger partial charge < -0.3 is 9.47 Å². The van der Waals surface area contributed by atoms with Crippen molar-refractivity contribution in [2.24, 2.45) is 0 Å². The first kappa shape index (κ1) is 44.0. The number of thiophene rings is 1. The molecule has 0 bridgehead atoms. The van der Waals surface area contributed by atoms with Crippen LogP contribution in [0, 0.1) is 0 Å². The first-order valence-electron chi connectivity index (χ1n) is 26.1. The lowest BCUT2D eigenvalue weighted by Gasteiger charge is -2.34. The first-order valence-corrected chi connectivity index (χ1v) is 27.0. The number of hydrogen-bond acceptors (Lipinski definition) is 2. The molecule has 2 aromatic heterocycles. The van der Waals surface area contributed by atoms with Crippen molar-refractivity contribution >= 4 is 70.4 Å². The Labute approximate surface area is 446 Å². The quantitative estimate of drug-likeness (QED) is 0.140. The number of hydrogen-bond donors (Lipinski definition) is 0. The van der Waals surface area contributed by atoms with Crippen molar-refractivity contribution in [2.75, 3.05) is 4.90 Å². The fraction of sp³-hybridized carbons (Fsp3) is 0.0137. The number of benzene rings is 12. The van der Waals surface area contributed by atoms with Crippen LogP contribution < -0.4 is 4.90 Å². The number of nitrogens with zero attached hydrogens (tertiary/aromatic N) is 2. The van der Waals surface area contributed by atoms with Gasteiger partial charge in [-0.1, -0.05) is 206 Å². The van der Waals surface area contributed by atoms with Gasteiger partial charge >= 0.3 is 0 Å². The van der Waals surface area contributed by atoms with Crippen LogP contribution in [0.5, 0.6) is 0 Å². The summed E-state index contributed by atoms with van der Waals surface area (Å²) in [5.74, 6) is 0. The molecule has 0 fully saturated rings. The molecule has 0 saturated heterocycles. The Morgan fingerprint density at radius 3 is 1.42 bits per heavy atom. The van der Waals surface area contributed by atoms with Gasteiger partial charge in [0.25, 0.3) is 0 Å². The summed E-state index contributed by atoms with van der Waals surface area (Å²) in [6, 6.07) is 108. The average Bonchev–Trinajstić information content (AvgIpc) is 4.28. The topological polar surface area (TPSA) is 8.17 Å². The molecule has 0 aliphatic heterocycles. The molecule has 2 nitrogen and oxygen atoms in total. The highest BCUT2D eigenvalue weighted by Gasteiger charge is 2.46. The normalized spacial score (nSPS) is 12.6. The van der Waals surface area contributed by atoms with Gasteiger partial charge in [-0.15, -0.1) is 11.3 Å². The maximum atomic E-state index is 2.42. The van der Waals surface area contributed by atoms with Crippen molar-refractivity contribution in [3.05, 3.63) is 313 Å². The highest BCUT2D eigenvalue weighted by molar-refractivity contribution is 7.25. The van der Waals surface area contributed by atoms with E-state index in [-0.39, 0.29) is 0 Å². The van der Waals surface area contributed by atoms with Gasteiger partial charge in [0.05, 0.1) is 16.4 Å². The number of rotatable bonds is 9. The molecule has 2 heterocycles. The second-order valence-corrected chi connectivity index (χ2v) is 21.1. The summed E-state index contributed by atoms with van der Waals surface area (Å²) in [6.45, 7) is 0. The summed E-state index contributed by atoms with van der Waals surface area (Å²) >= 11 is 1.86. The van der Waals surface area contributed by atoms with E-state index in [9.17, 15) is 0 Å². The minimum atomic E-state index is -0.476. The van der Waals surface area contributed by atoms with E-state index in [1.807, 2.05) is 11.3 Å². The Bertz CT molecular complexity index is 4400. The van der Waals surface area contributed by atoms with Crippen LogP contribution in [-0.4, -0.2) is 4.57 Å². The van der Waals surface area contributed by atoms with Crippen LogP contribution in [0.1, 0.15) is 22.3 Å². The third-order valence-corrected chi connectivity index (χ3v) is 17.0. The van der Waals surface area contributed by atoms with Crippen LogP contribution in [0.2, 0.25) is 0 Å². The zero-order chi connectivity index (χ0) is 50.2. The molecule has 0 atom stereocenters. The number of para-hydroxylation sites is 2. The van der Waals surface area contributed by atoms with Crippen molar-refractivity contribution in [1.82, 2.24) is 4.57 Å². The van der Waals surface area contributed by atoms with Crippen molar-refractivity contribution < 1.29 is 0 Å². The predicted molar refractivity (Wildman–Crippen MR) is 322 cm³/mol. The largest absolute Gasteiger partial charge is 0.310 e. The molecular weight excluding hydrogens is 937 g/mol. The molecule has 0 saturated carbocycles. The van der Waals surface area contributed by atoms with Crippen LogP contribution in [-0.2, 0) is 5.41 Å².